The molecular formula is C37H70NO8P. The third-order valence-corrected chi connectivity index (χ3v) is 8.87. The van der Waals surface area contributed by atoms with Gasteiger partial charge < -0.3 is 20.1 Å². The first-order chi connectivity index (χ1) is 22.8. The number of amides is 1. The number of rotatable bonds is 35. The average Bonchev–Trinajstić information content (AvgIpc) is 3.05. The number of phosphoric ester groups is 1. The minimum atomic E-state index is -4.40. The zero-order valence-electron chi connectivity index (χ0n) is 30.0. The fourth-order valence-corrected chi connectivity index (χ4v) is 5.75. The standard InChI is InChI=1S/C37H70NO8P/c1-3-5-7-9-11-13-14-15-16-17-18-19-20-21-22-24-26-28-30-37(41)44-33-35(39)34-46-47(42,43)45-32-31-38-36(40)29-27-25-23-12-10-8-6-4-2/h13-14,16-17,35,39H,3-12,15,18-34H2,1-2H3,(H,38,40)(H,42,43)/b14-13-,17-16-. The van der Waals surface area contributed by atoms with Crippen molar-refractivity contribution in [3.05, 3.63) is 24.3 Å². The van der Waals surface area contributed by atoms with Gasteiger partial charge in [-0.3, -0.25) is 18.6 Å². The first kappa shape index (κ1) is 45.5. The predicted molar refractivity (Wildman–Crippen MR) is 192 cm³/mol. The Morgan fingerprint density at radius 1 is 0.660 bits per heavy atom. The molecule has 276 valence electrons. The van der Waals surface area contributed by atoms with E-state index in [1.165, 1.54) is 83.5 Å². The lowest BCUT2D eigenvalue weighted by molar-refractivity contribution is -0.147. The van der Waals surface area contributed by atoms with Crippen LogP contribution in [0.15, 0.2) is 24.3 Å². The van der Waals surface area contributed by atoms with Gasteiger partial charge in [0.2, 0.25) is 5.91 Å². The second-order valence-corrected chi connectivity index (χ2v) is 14.0. The Balaban J connectivity index is 3.62. The quantitative estimate of drug-likeness (QED) is 0.0260. The molecule has 0 spiro atoms. The van der Waals surface area contributed by atoms with E-state index in [9.17, 15) is 24.2 Å². The summed E-state index contributed by atoms with van der Waals surface area (Å²) in [6.07, 6.45) is 34.0. The smallest absolute Gasteiger partial charge is 0.463 e. The van der Waals surface area contributed by atoms with E-state index in [1.807, 2.05) is 0 Å². The van der Waals surface area contributed by atoms with E-state index in [0.717, 1.165) is 57.8 Å². The molecule has 0 aromatic heterocycles. The molecule has 3 N–H and O–H groups in total. The van der Waals surface area contributed by atoms with Crippen LogP contribution in [0.1, 0.15) is 168 Å². The summed E-state index contributed by atoms with van der Waals surface area (Å²) in [7, 11) is -4.40. The molecule has 0 rings (SSSR count). The van der Waals surface area contributed by atoms with Crippen LogP contribution < -0.4 is 5.32 Å². The van der Waals surface area contributed by atoms with Crippen molar-refractivity contribution in [2.75, 3.05) is 26.4 Å². The second kappa shape index (κ2) is 34.4. The number of allylic oxidation sites excluding steroid dienone is 4. The molecule has 0 aliphatic heterocycles. The van der Waals surface area contributed by atoms with Crippen molar-refractivity contribution in [2.45, 2.75) is 174 Å². The van der Waals surface area contributed by atoms with Gasteiger partial charge in [-0.25, -0.2) is 4.57 Å². The lowest BCUT2D eigenvalue weighted by Gasteiger charge is -2.15. The summed E-state index contributed by atoms with van der Waals surface area (Å²) in [5.74, 6) is -0.528. The van der Waals surface area contributed by atoms with Gasteiger partial charge >= 0.3 is 13.8 Å². The molecule has 0 heterocycles. The van der Waals surface area contributed by atoms with Crippen LogP contribution in [0.3, 0.4) is 0 Å². The van der Waals surface area contributed by atoms with E-state index in [4.69, 9.17) is 13.8 Å². The summed E-state index contributed by atoms with van der Waals surface area (Å²) in [6.45, 7) is 3.48. The van der Waals surface area contributed by atoms with Crippen LogP contribution in [0.4, 0.5) is 0 Å². The predicted octanol–water partition coefficient (Wildman–Crippen LogP) is 9.65. The van der Waals surface area contributed by atoms with Gasteiger partial charge in [0.15, 0.2) is 0 Å². The number of hydrogen-bond acceptors (Lipinski definition) is 7. The highest BCUT2D eigenvalue weighted by molar-refractivity contribution is 7.47. The molecule has 9 nitrogen and oxygen atoms in total. The first-order valence-electron chi connectivity index (χ1n) is 18.8. The fraction of sp³-hybridized carbons (Fsp3) is 0.838. The van der Waals surface area contributed by atoms with Gasteiger partial charge in [0.05, 0.1) is 13.2 Å². The SMILES string of the molecule is CCCCCC/C=C\C/C=C\CCCCCCCCCC(=O)OCC(O)COP(=O)(O)OCCNC(=O)CCCCCCCCCC. The first-order valence-corrected chi connectivity index (χ1v) is 20.3. The van der Waals surface area contributed by atoms with Crippen LogP contribution in [0.5, 0.6) is 0 Å². The number of phosphoric acid groups is 1. The number of hydrogen-bond donors (Lipinski definition) is 3. The Bertz CT molecular complexity index is 835. The molecule has 0 aliphatic rings. The third-order valence-electron chi connectivity index (χ3n) is 7.88. The van der Waals surface area contributed by atoms with Gasteiger partial charge in [0.1, 0.15) is 12.7 Å². The highest BCUT2D eigenvalue weighted by Gasteiger charge is 2.23. The monoisotopic (exact) mass is 687 g/mol. The maximum atomic E-state index is 12.0. The van der Waals surface area contributed by atoms with Crippen molar-refractivity contribution in [1.82, 2.24) is 5.32 Å². The topological polar surface area (TPSA) is 131 Å². The van der Waals surface area contributed by atoms with Gasteiger partial charge in [-0.2, -0.15) is 0 Å². The molecule has 0 radical (unpaired) electrons. The molecular weight excluding hydrogens is 617 g/mol. The third kappa shape index (κ3) is 35.6. The Morgan fingerprint density at radius 2 is 1.15 bits per heavy atom. The van der Waals surface area contributed by atoms with Crippen LogP contribution in [0.2, 0.25) is 0 Å². The molecule has 10 heteroatoms. The zero-order chi connectivity index (χ0) is 34.7. The Labute approximate surface area is 287 Å². The Morgan fingerprint density at radius 3 is 1.72 bits per heavy atom. The molecule has 2 atom stereocenters. The number of nitrogens with one attached hydrogen (secondary N) is 1. The van der Waals surface area contributed by atoms with Gasteiger partial charge in [0.25, 0.3) is 0 Å². The minimum absolute atomic E-state index is 0.0825. The van der Waals surface area contributed by atoms with E-state index >= 15 is 0 Å². The largest absolute Gasteiger partial charge is 0.472 e. The summed E-state index contributed by atoms with van der Waals surface area (Å²) in [6, 6.07) is 0. The Kier molecular flexibility index (Phi) is 33.3. The van der Waals surface area contributed by atoms with E-state index in [2.05, 4.69) is 43.5 Å². The summed E-state index contributed by atoms with van der Waals surface area (Å²) in [4.78, 5) is 33.6. The zero-order valence-corrected chi connectivity index (χ0v) is 30.9. The molecule has 0 fully saturated rings. The molecule has 2 unspecified atom stereocenters. The number of carbonyl (C=O) groups is 2. The van der Waals surface area contributed by atoms with Gasteiger partial charge in [-0.05, 0) is 44.9 Å². The summed E-state index contributed by atoms with van der Waals surface area (Å²) in [5, 5.41) is 12.6. The lowest BCUT2D eigenvalue weighted by atomic mass is 10.1. The molecule has 47 heavy (non-hydrogen) atoms. The average molecular weight is 688 g/mol. The normalized spacial score (nSPS) is 13.7. The van der Waals surface area contributed by atoms with E-state index in [1.54, 1.807) is 0 Å². The molecule has 0 saturated heterocycles. The summed E-state index contributed by atoms with van der Waals surface area (Å²) in [5.41, 5.74) is 0. The molecule has 0 saturated carbocycles. The van der Waals surface area contributed by atoms with Crippen LogP contribution in [0.25, 0.3) is 0 Å². The van der Waals surface area contributed by atoms with E-state index in [0.29, 0.717) is 6.42 Å². The molecule has 1 amide bonds. The van der Waals surface area contributed by atoms with Crippen molar-refractivity contribution in [2.24, 2.45) is 0 Å². The van der Waals surface area contributed by atoms with Crippen LogP contribution >= 0.6 is 7.82 Å². The van der Waals surface area contributed by atoms with Crippen molar-refractivity contribution >= 4 is 19.7 Å². The summed E-state index contributed by atoms with van der Waals surface area (Å²) < 4.78 is 26.7. The highest BCUT2D eigenvalue weighted by Crippen LogP contribution is 2.42. The maximum Gasteiger partial charge on any atom is 0.472 e. The molecule has 0 bridgehead atoms. The number of aliphatic hydroxyl groups is 1. The lowest BCUT2D eigenvalue weighted by Crippen LogP contribution is -2.27. The molecule has 0 aromatic carbocycles. The minimum Gasteiger partial charge on any atom is -0.463 e. The molecule has 0 aromatic rings. The number of ether oxygens (including phenoxy) is 1. The number of esters is 1. The summed E-state index contributed by atoms with van der Waals surface area (Å²) >= 11 is 0. The number of carbonyl (C=O) groups excluding carboxylic acids is 2. The van der Waals surface area contributed by atoms with Crippen molar-refractivity contribution < 1.29 is 37.9 Å². The number of unbranched alkanes of at least 4 members (excludes halogenated alkanes) is 18. The van der Waals surface area contributed by atoms with Crippen LogP contribution in [-0.4, -0.2) is 54.3 Å². The fourth-order valence-electron chi connectivity index (χ4n) is 5.00. The van der Waals surface area contributed by atoms with E-state index < -0.39 is 26.5 Å². The van der Waals surface area contributed by atoms with Crippen LogP contribution in [-0.2, 0) is 27.9 Å². The van der Waals surface area contributed by atoms with Gasteiger partial charge in [0, 0.05) is 19.4 Å². The molecule has 0 aliphatic carbocycles. The van der Waals surface area contributed by atoms with E-state index in [-0.39, 0.29) is 32.1 Å². The van der Waals surface area contributed by atoms with Crippen LogP contribution in [0, 0.1) is 0 Å². The van der Waals surface area contributed by atoms with Gasteiger partial charge in [-0.15, -0.1) is 0 Å². The van der Waals surface area contributed by atoms with Gasteiger partial charge in [-0.1, -0.05) is 134 Å². The maximum absolute atomic E-state index is 12.0. The highest BCUT2D eigenvalue weighted by atomic mass is 31.2. The second-order valence-electron chi connectivity index (χ2n) is 12.6. The van der Waals surface area contributed by atoms with Crippen molar-refractivity contribution in [3.8, 4) is 0 Å². The van der Waals surface area contributed by atoms with Crippen molar-refractivity contribution in [3.63, 3.8) is 0 Å². The van der Waals surface area contributed by atoms with Crippen molar-refractivity contribution in [1.29, 1.82) is 0 Å². The number of aliphatic hydroxyl groups excluding tert-OH is 1. The Hall–Kier alpha value is -1.51.